The van der Waals surface area contributed by atoms with Gasteiger partial charge in [-0.1, -0.05) is 0 Å². The Bertz CT molecular complexity index is 382. The van der Waals surface area contributed by atoms with Crippen LogP contribution in [0.2, 0.25) is 0 Å². The number of rotatable bonds is 4. The Hall–Kier alpha value is -1.36. The summed E-state index contributed by atoms with van der Waals surface area (Å²) in [6, 6.07) is 1.65. The van der Waals surface area contributed by atoms with Crippen LogP contribution in [-0.2, 0) is 0 Å². The van der Waals surface area contributed by atoms with Crippen molar-refractivity contribution < 1.29 is 4.92 Å². The molecule has 0 fully saturated rings. The summed E-state index contributed by atoms with van der Waals surface area (Å²) in [5, 5.41) is 13.7. The molecule has 0 spiro atoms. The topological polar surface area (TPSA) is 68.1 Å². The molecule has 0 aliphatic carbocycles. The molecule has 0 aliphatic heterocycles. The molecule has 6 heteroatoms. The van der Waals surface area contributed by atoms with Gasteiger partial charge in [0.1, 0.15) is 11.4 Å². The van der Waals surface area contributed by atoms with Gasteiger partial charge in [-0.15, -0.1) is 11.6 Å². The lowest BCUT2D eigenvalue weighted by Crippen LogP contribution is -2.07. The van der Waals surface area contributed by atoms with Crippen LogP contribution in [0.15, 0.2) is 6.07 Å². The maximum absolute atomic E-state index is 10.8. The van der Waals surface area contributed by atoms with Crippen LogP contribution in [0, 0.1) is 24.0 Å². The molecule has 0 atom stereocenters. The molecule has 1 heterocycles. The van der Waals surface area contributed by atoms with Crippen molar-refractivity contribution in [2.75, 3.05) is 17.7 Å². The van der Waals surface area contributed by atoms with Crippen LogP contribution in [-0.4, -0.2) is 22.3 Å². The first-order chi connectivity index (χ1) is 7.06. The summed E-state index contributed by atoms with van der Waals surface area (Å²) in [6.07, 6.45) is 0. The van der Waals surface area contributed by atoms with Crippen molar-refractivity contribution in [3.63, 3.8) is 0 Å². The summed E-state index contributed by atoms with van der Waals surface area (Å²) in [4.78, 5) is 14.4. The van der Waals surface area contributed by atoms with Crippen LogP contribution in [0.5, 0.6) is 0 Å². The highest BCUT2D eigenvalue weighted by Crippen LogP contribution is 2.27. The van der Waals surface area contributed by atoms with Gasteiger partial charge in [-0.05, 0) is 19.9 Å². The number of hydrogen-bond acceptors (Lipinski definition) is 4. The Balaban J connectivity index is 3.14. The van der Waals surface area contributed by atoms with E-state index in [2.05, 4.69) is 10.3 Å². The molecule has 1 rings (SSSR count). The molecule has 0 saturated carbocycles. The number of hydrogen-bond donors (Lipinski definition) is 1. The van der Waals surface area contributed by atoms with Crippen molar-refractivity contribution in [3.05, 3.63) is 27.6 Å². The van der Waals surface area contributed by atoms with Crippen LogP contribution >= 0.6 is 11.6 Å². The maximum Gasteiger partial charge on any atom is 0.313 e. The molecule has 1 N–H and O–H groups in total. The number of aryl methyl sites for hydroxylation is 2. The van der Waals surface area contributed by atoms with Crippen LogP contribution < -0.4 is 5.32 Å². The highest BCUT2D eigenvalue weighted by atomic mass is 35.5. The average molecular weight is 230 g/mol. The van der Waals surface area contributed by atoms with Gasteiger partial charge in [0, 0.05) is 18.1 Å². The number of nitro groups is 1. The van der Waals surface area contributed by atoms with Gasteiger partial charge in [0.05, 0.1) is 4.92 Å². The van der Waals surface area contributed by atoms with Gasteiger partial charge in [0.15, 0.2) is 0 Å². The molecule has 0 aromatic carbocycles. The zero-order valence-electron chi connectivity index (χ0n) is 8.58. The van der Waals surface area contributed by atoms with E-state index in [0.29, 0.717) is 23.8 Å². The van der Waals surface area contributed by atoms with Crippen LogP contribution in [0.4, 0.5) is 11.4 Å². The van der Waals surface area contributed by atoms with E-state index in [1.807, 2.05) is 0 Å². The van der Waals surface area contributed by atoms with E-state index >= 15 is 0 Å². The van der Waals surface area contributed by atoms with Crippen molar-refractivity contribution in [1.29, 1.82) is 0 Å². The van der Waals surface area contributed by atoms with E-state index in [9.17, 15) is 10.1 Å². The third kappa shape index (κ3) is 2.79. The molecule has 1 aromatic heterocycles. The fraction of sp³-hybridized carbons (Fsp3) is 0.444. The number of halogens is 1. The molecule has 0 radical (unpaired) electrons. The number of nitrogens with zero attached hydrogens (tertiary/aromatic N) is 2. The Kier molecular flexibility index (Phi) is 3.85. The molecule has 1 aromatic rings. The van der Waals surface area contributed by atoms with Crippen LogP contribution in [0.1, 0.15) is 11.4 Å². The molecule has 82 valence electrons. The Morgan fingerprint density at radius 3 is 2.80 bits per heavy atom. The molecule has 0 amide bonds. The van der Waals surface area contributed by atoms with Crippen LogP contribution in [0.25, 0.3) is 0 Å². The van der Waals surface area contributed by atoms with Crippen molar-refractivity contribution in [3.8, 4) is 0 Å². The summed E-state index contributed by atoms with van der Waals surface area (Å²) in [5.74, 6) is 0.400. The summed E-state index contributed by atoms with van der Waals surface area (Å²) >= 11 is 5.51. The molecule has 0 aliphatic rings. The maximum atomic E-state index is 10.8. The van der Waals surface area contributed by atoms with Crippen molar-refractivity contribution >= 4 is 23.0 Å². The monoisotopic (exact) mass is 229 g/mol. The highest BCUT2D eigenvalue weighted by molar-refractivity contribution is 6.18. The minimum absolute atomic E-state index is 0.0192. The lowest BCUT2D eigenvalue weighted by atomic mass is 10.2. The normalized spacial score (nSPS) is 10.1. The number of aromatic nitrogens is 1. The third-order valence-electron chi connectivity index (χ3n) is 1.89. The average Bonchev–Trinajstić information content (AvgIpc) is 2.12. The summed E-state index contributed by atoms with van der Waals surface area (Å²) < 4.78 is 0. The fourth-order valence-electron chi connectivity index (χ4n) is 1.37. The molecule has 0 bridgehead atoms. The largest absolute Gasteiger partial charge is 0.378 e. The first-order valence-electron chi connectivity index (χ1n) is 4.48. The van der Waals surface area contributed by atoms with E-state index in [1.54, 1.807) is 19.9 Å². The smallest absolute Gasteiger partial charge is 0.313 e. The predicted molar refractivity (Wildman–Crippen MR) is 59.6 cm³/mol. The second kappa shape index (κ2) is 4.93. The van der Waals surface area contributed by atoms with Gasteiger partial charge in [0.2, 0.25) is 0 Å². The first-order valence-corrected chi connectivity index (χ1v) is 5.02. The van der Waals surface area contributed by atoms with E-state index in [4.69, 9.17) is 11.6 Å². The lowest BCUT2D eigenvalue weighted by molar-refractivity contribution is -0.384. The van der Waals surface area contributed by atoms with E-state index in [1.165, 1.54) is 0 Å². The molecule has 5 nitrogen and oxygen atoms in total. The van der Waals surface area contributed by atoms with Gasteiger partial charge >= 0.3 is 5.69 Å². The Labute approximate surface area is 92.6 Å². The van der Waals surface area contributed by atoms with Gasteiger partial charge in [0.25, 0.3) is 0 Å². The minimum atomic E-state index is -0.432. The van der Waals surface area contributed by atoms with Gasteiger partial charge in [-0.2, -0.15) is 0 Å². The summed E-state index contributed by atoms with van der Waals surface area (Å²) in [5.41, 5.74) is 1.66. The zero-order valence-corrected chi connectivity index (χ0v) is 9.34. The van der Waals surface area contributed by atoms with Crippen molar-refractivity contribution in [1.82, 2.24) is 4.98 Å². The summed E-state index contributed by atoms with van der Waals surface area (Å²) in [7, 11) is 0. The molecule has 0 unspecified atom stereocenters. The Morgan fingerprint density at radius 1 is 1.60 bits per heavy atom. The number of pyridine rings is 1. The van der Waals surface area contributed by atoms with Crippen LogP contribution in [0.3, 0.4) is 0 Å². The van der Waals surface area contributed by atoms with Gasteiger partial charge < -0.3 is 5.32 Å². The fourth-order valence-corrected chi connectivity index (χ4v) is 1.46. The molecule has 15 heavy (non-hydrogen) atoms. The molecular formula is C9H12ClN3O2. The third-order valence-corrected chi connectivity index (χ3v) is 2.08. The lowest BCUT2D eigenvalue weighted by Gasteiger charge is -2.07. The molecule has 0 saturated heterocycles. The highest BCUT2D eigenvalue weighted by Gasteiger charge is 2.18. The molecular weight excluding hydrogens is 218 g/mol. The van der Waals surface area contributed by atoms with Gasteiger partial charge in [-0.25, -0.2) is 0 Å². The predicted octanol–water partition coefficient (Wildman–Crippen LogP) is 2.26. The number of alkyl halides is 1. The second-order valence-corrected chi connectivity index (χ2v) is 3.50. The SMILES string of the molecule is Cc1cc(NCCCl)c([N+](=O)[O-])c(C)n1. The van der Waals surface area contributed by atoms with Gasteiger partial charge in [-0.3, -0.25) is 15.1 Å². The Morgan fingerprint density at radius 2 is 2.27 bits per heavy atom. The van der Waals surface area contributed by atoms with Crippen molar-refractivity contribution in [2.24, 2.45) is 0 Å². The zero-order chi connectivity index (χ0) is 11.4. The standard InChI is InChI=1S/C9H12ClN3O2/c1-6-5-8(11-4-3-10)9(13(14)15)7(2)12-6/h5H,3-4H2,1-2H3,(H,11,12). The second-order valence-electron chi connectivity index (χ2n) is 3.12. The summed E-state index contributed by atoms with van der Waals surface area (Å²) in [6.45, 7) is 3.91. The van der Waals surface area contributed by atoms with E-state index in [-0.39, 0.29) is 5.69 Å². The number of nitrogens with one attached hydrogen (secondary N) is 1. The van der Waals surface area contributed by atoms with Crippen molar-refractivity contribution in [2.45, 2.75) is 13.8 Å². The minimum Gasteiger partial charge on any atom is -0.378 e. The van der Waals surface area contributed by atoms with E-state index in [0.717, 1.165) is 5.69 Å². The quantitative estimate of drug-likeness (QED) is 0.489. The van der Waals surface area contributed by atoms with E-state index < -0.39 is 4.92 Å². The number of anilines is 1. The first kappa shape index (κ1) is 11.7.